The lowest BCUT2D eigenvalue weighted by Crippen LogP contribution is -2.69. The molecule has 3 rings (SSSR count). The van der Waals surface area contributed by atoms with Crippen molar-refractivity contribution in [2.24, 2.45) is 0 Å². The standard InChI is InChI=1S/C23H28ClN3O4S/c1-17-4-6-19(7-5-17)14-25-22(29)23(2)16-26(32(3,30)31)15-21(28)27(23)13-12-18-8-10-20(24)11-9-18/h4-11H,12-16H2,1-3H3,(H,25,29)/t23-/m1/s1. The van der Waals surface area contributed by atoms with E-state index in [9.17, 15) is 18.0 Å². The Morgan fingerprint density at radius 3 is 2.28 bits per heavy atom. The molecule has 1 aliphatic heterocycles. The molecule has 172 valence electrons. The van der Waals surface area contributed by atoms with Crippen LogP contribution in [0, 0.1) is 6.92 Å². The van der Waals surface area contributed by atoms with E-state index in [1.807, 2.05) is 43.3 Å². The molecule has 32 heavy (non-hydrogen) atoms. The van der Waals surface area contributed by atoms with Crippen LogP contribution in [0.2, 0.25) is 5.02 Å². The van der Waals surface area contributed by atoms with Crippen molar-refractivity contribution in [2.75, 3.05) is 25.9 Å². The van der Waals surface area contributed by atoms with E-state index in [1.165, 1.54) is 4.90 Å². The van der Waals surface area contributed by atoms with Crippen LogP contribution in [-0.4, -0.2) is 60.9 Å². The van der Waals surface area contributed by atoms with E-state index in [1.54, 1.807) is 19.1 Å². The SMILES string of the molecule is Cc1ccc(CNC(=O)[C@@]2(C)CN(S(C)(=O)=O)CC(=O)N2CCc2ccc(Cl)cc2)cc1. The van der Waals surface area contributed by atoms with E-state index in [0.717, 1.165) is 27.3 Å². The number of hydrogen-bond donors (Lipinski definition) is 1. The number of hydrogen-bond acceptors (Lipinski definition) is 4. The second-order valence-corrected chi connectivity index (χ2v) is 10.8. The number of nitrogens with one attached hydrogen (secondary N) is 1. The first-order valence-electron chi connectivity index (χ1n) is 10.3. The third-order valence-electron chi connectivity index (χ3n) is 5.76. The van der Waals surface area contributed by atoms with Crippen LogP contribution < -0.4 is 5.32 Å². The van der Waals surface area contributed by atoms with Crippen LogP contribution in [0.3, 0.4) is 0 Å². The van der Waals surface area contributed by atoms with E-state index in [2.05, 4.69) is 5.32 Å². The lowest BCUT2D eigenvalue weighted by molar-refractivity contribution is -0.152. The number of sulfonamides is 1. The molecule has 1 aliphatic rings. The number of nitrogens with zero attached hydrogens (tertiary/aromatic N) is 2. The first kappa shape index (κ1) is 24.2. The molecule has 1 heterocycles. The molecule has 0 unspecified atom stereocenters. The molecular weight excluding hydrogens is 450 g/mol. The van der Waals surface area contributed by atoms with Gasteiger partial charge in [0.25, 0.3) is 0 Å². The third kappa shape index (κ3) is 5.68. The van der Waals surface area contributed by atoms with Crippen LogP contribution in [0.15, 0.2) is 48.5 Å². The third-order valence-corrected chi connectivity index (χ3v) is 7.21. The zero-order valence-electron chi connectivity index (χ0n) is 18.5. The quantitative estimate of drug-likeness (QED) is 0.663. The number of piperazine rings is 1. The van der Waals surface area contributed by atoms with Crippen molar-refractivity contribution in [3.8, 4) is 0 Å². The predicted octanol–water partition coefficient (Wildman–Crippen LogP) is 2.37. The van der Waals surface area contributed by atoms with Gasteiger partial charge in [0.2, 0.25) is 21.8 Å². The van der Waals surface area contributed by atoms with E-state index in [0.29, 0.717) is 11.4 Å². The van der Waals surface area contributed by atoms with Crippen molar-refractivity contribution < 1.29 is 18.0 Å². The molecule has 0 saturated carbocycles. The number of carbonyl (C=O) groups excluding carboxylic acids is 2. The van der Waals surface area contributed by atoms with Crippen LogP contribution >= 0.6 is 11.6 Å². The van der Waals surface area contributed by atoms with E-state index >= 15 is 0 Å². The minimum Gasteiger partial charge on any atom is -0.350 e. The van der Waals surface area contributed by atoms with Gasteiger partial charge in [-0.2, -0.15) is 4.31 Å². The molecule has 1 fully saturated rings. The van der Waals surface area contributed by atoms with E-state index in [4.69, 9.17) is 11.6 Å². The van der Waals surface area contributed by atoms with Crippen LogP contribution in [0.4, 0.5) is 0 Å². The number of rotatable bonds is 7. The Kier molecular flexibility index (Phi) is 7.27. The van der Waals surface area contributed by atoms with Gasteiger partial charge in [0, 0.05) is 24.7 Å². The van der Waals surface area contributed by atoms with Crippen LogP contribution in [-0.2, 0) is 32.6 Å². The summed E-state index contributed by atoms with van der Waals surface area (Å²) in [6.07, 6.45) is 1.57. The Morgan fingerprint density at radius 1 is 1.09 bits per heavy atom. The number of halogens is 1. The normalized spacial score (nSPS) is 19.8. The van der Waals surface area contributed by atoms with Gasteiger partial charge in [0.15, 0.2) is 0 Å². The van der Waals surface area contributed by atoms with Crippen LogP contribution in [0.5, 0.6) is 0 Å². The van der Waals surface area contributed by atoms with Crippen molar-refractivity contribution in [1.82, 2.24) is 14.5 Å². The summed E-state index contributed by atoms with van der Waals surface area (Å²) in [4.78, 5) is 27.8. The van der Waals surface area contributed by atoms with Crippen molar-refractivity contribution in [1.29, 1.82) is 0 Å². The fourth-order valence-corrected chi connectivity index (χ4v) is 4.72. The first-order valence-corrected chi connectivity index (χ1v) is 12.6. The lowest BCUT2D eigenvalue weighted by atomic mass is 9.94. The summed E-state index contributed by atoms with van der Waals surface area (Å²) in [5, 5.41) is 3.50. The molecule has 1 N–H and O–H groups in total. The average molecular weight is 478 g/mol. The van der Waals surface area contributed by atoms with Gasteiger partial charge < -0.3 is 10.2 Å². The fraction of sp³-hybridized carbons (Fsp3) is 0.391. The number of benzene rings is 2. The van der Waals surface area contributed by atoms with Crippen molar-refractivity contribution >= 4 is 33.4 Å². The highest BCUT2D eigenvalue weighted by molar-refractivity contribution is 7.88. The second-order valence-electron chi connectivity index (χ2n) is 8.40. The highest BCUT2D eigenvalue weighted by Crippen LogP contribution is 2.25. The molecule has 0 aliphatic carbocycles. The molecule has 2 amide bonds. The molecule has 1 saturated heterocycles. The average Bonchev–Trinajstić information content (AvgIpc) is 2.73. The van der Waals surface area contributed by atoms with Crippen molar-refractivity contribution in [2.45, 2.75) is 32.4 Å². The minimum atomic E-state index is -3.64. The lowest BCUT2D eigenvalue weighted by Gasteiger charge is -2.46. The van der Waals surface area contributed by atoms with Gasteiger partial charge in [0.05, 0.1) is 12.8 Å². The maximum atomic E-state index is 13.3. The first-order chi connectivity index (χ1) is 15.0. The molecule has 0 bridgehead atoms. The summed E-state index contributed by atoms with van der Waals surface area (Å²) in [5.41, 5.74) is 1.66. The smallest absolute Gasteiger partial charge is 0.247 e. The highest BCUT2D eigenvalue weighted by Gasteiger charge is 2.49. The maximum Gasteiger partial charge on any atom is 0.247 e. The Balaban J connectivity index is 1.81. The maximum absolute atomic E-state index is 13.3. The van der Waals surface area contributed by atoms with Gasteiger partial charge in [-0.1, -0.05) is 53.6 Å². The summed E-state index contributed by atoms with van der Waals surface area (Å²) in [6, 6.07) is 15.0. The number of carbonyl (C=O) groups is 2. The minimum absolute atomic E-state index is 0.0993. The van der Waals surface area contributed by atoms with Crippen molar-refractivity contribution in [3.63, 3.8) is 0 Å². The Bertz CT molecular complexity index is 1090. The Hall–Kier alpha value is -2.42. The summed E-state index contributed by atoms with van der Waals surface area (Å²) < 4.78 is 25.4. The number of aryl methyl sites for hydroxylation is 1. The predicted molar refractivity (Wildman–Crippen MR) is 125 cm³/mol. The molecule has 2 aromatic carbocycles. The van der Waals surface area contributed by atoms with Gasteiger partial charge in [-0.15, -0.1) is 0 Å². The summed E-state index contributed by atoms with van der Waals surface area (Å²) >= 11 is 5.94. The molecule has 1 atom stereocenters. The Labute approximate surface area is 194 Å². The van der Waals surface area contributed by atoms with Crippen molar-refractivity contribution in [3.05, 3.63) is 70.2 Å². The Morgan fingerprint density at radius 2 is 1.69 bits per heavy atom. The van der Waals surface area contributed by atoms with Gasteiger partial charge in [-0.3, -0.25) is 9.59 Å². The number of amides is 2. The summed E-state index contributed by atoms with van der Waals surface area (Å²) in [6.45, 7) is 3.79. The molecule has 7 nitrogen and oxygen atoms in total. The molecular formula is C23H28ClN3O4S. The van der Waals surface area contributed by atoms with Crippen LogP contribution in [0.25, 0.3) is 0 Å². The van der Waals surface area contributed by atoms with Gasteiger partial charge in [-0.25, -0.2) is 8.42 Å². The van der Waals surface area contributed by atoms with Crippen LogP contribution in [0.1, 0.15) is 23.6 Å². The van der Waals surface area contributed by atoms with E-state index < -0.39 is 27.4 Å². The zero-order chi connectivity index (χ0) is 23.5. The monoisotopic (exact) mass is 477 g/mol. The zero-order valence-corrected chi connectivity index (χ0v) is 20.0. The van der Waals surface area contributed by atoms with E-state index in [-0.39, 0.29) is 26.2 Å². The molecule has 2 aromatic rings. The molecule has 9 heteroatoms. The molecule has 0 radical (unpaired) electrons. The summed E-state index contributed by atoms with van der Waals surface area (Å²) in [5.74, 6) is -0.792. The van der Waals surface area contributed by atoms with Gasteiger partial charge in [0.1, 0.15) is 5.54 Å². The second kappa shape index (κ2) is 9.60. The highest BCUT2D eigenvalue weighted by atomic mass is 35.5. The van der Waals surface area contributed by atoms with Gasteiger partial charge >= 0.3 is 0 Å². The summed E-state index contributed by atoms with van der Waals surface area (Å²) in [7, 11) is -3.64. The largest absolute Gasteiger partial charge is 0.350 e. The molecule has 0 spiro atoms. The topological polar surface area (TPSA) is 86.8 Å². The molecule has 0 aromatic heterocycles. The fourth-order valence-electron chi connectivity index (χ4n) is 3.77. The van der Waals surface area contributed by atoms with Gasteiger partial charge in [-0.05, 0) is 43.5 Å².